The zero-order valence-electron chi connectivity index (χ0n) is 11.0. The van der Waals surface area contributed by atoms with Gasteiger partial charge in [-0.15, -0.1) is 16.4 Å². The molecule has 106 valence electrons. The summed E-state index contributed by atoms with van der Waals surface area (Å²) < 4.78 is 22.9. The van der Waals surface area contributed by atoms with Crippen LogP contribution in [0.15, 0.2) is 47.1 Å². The first-order valence-electron chi connectivity index (χ1n) is 5.95. The Labute approximate surface area is 125 Å². The molecular weight excluding hydrogens is 308 g/mol. The van der Waals surface area contributed by atoms with Gasteiger partial charge in [-0.3, -0.25) is 0 Å². The van der Waals surface area contributed by atoms with E-state index in [9.17, 15) is 8.42 Å². The highest BCUT2D eigenvalue weighted by atomic mass is 32.2. The van der Waals surface area contributed by atoms with E-state index < -0.39 is 9.84 Å². The van der Waals surface area contributed by atoms with Gasteiger partial charge in [0.05, 0.1) is 11.9 Å². The zero-order chi connectivity index (χ0) is 14.9. The molecule has 2 aromatic heterocycles. The molecule has 0 saturated carbocycles. The zero-order valence-corrected chi connectivity index (χ0v) is 12.6. The molecular formula is C13H10N4O2S2. The summed E-state index contributed by atoms with van der Waals surface area (Å²) in [7, 11) is -3.49. The van der Waals surface area contributed by atoms with Crippen molar-refractivity contribution in [1.82, 2.24) is 20.2 Å². The number of aromatic nitrogens is 4. The van der Waals surface area contributed by atoms with E-state index in [1.165, 1.54) is 17.5 Å². The van der Waals surface area contributed by atoms with Gasteiger partial charge in [-0.25, -0.2) is 18.4 Å². The first-order chi connectivity index (χ1) is 10.0. The minimum Gasteiger partial charge on any atom is -0.234 e. The quantitative estimate of drug-likeness (QED) is 0.735. The molecule has 0 saturated heterocycles. The molecule has 3 rings (SSSR count). The third-order valence-electron chi connectivity index (χ3n) is 2.66. The highest BCUT2D eigenvalue weighted by Crippen LogP contribution is 2.27. The van der Waals surface area contributed by atoms with Crippen LogP contribution < -0.4 is 0 Å². The van der Waals surface area contributed by atoms with E-state index in [0.717, 1.165) is 17.5 Å². The number of hydrogen-bond acceptors (Lipinski definition) is 7. The molecule has 0 aliphatic rings. The third-order valence-corrected chi connectivity index (χ3v) is 4.36. The minimum absolute atomic E-state index is 0.295. The van der Waals surface area contributed by atoms with Gasteiger partial charge < -0.3 is 0 Å². The number of sulfone groups is 1. The summed E-state index contributed by atoms with van der Waals surface area (Å²) in [5.41, 5.74) is 2.21. The Balaban J connectivity index is 2.01. The summed E-state index contributed by atoms with van der Waals surface area (Å²) in [4.78, 5) is 8.47. The molecule has 0 radical (unpaired) electrons. The van der Waals surface area contributed by atoms with Crippen molar-refractivity contribution in [1.29, 1.82) is 0 Å². The van der Waals surface area contributed by atoms with Crippen molar-refractivity contribution in [3.8, 4) is 22.0 Å². The van der Waals surface area contributed by atoms with E-state index in [1.807, 2.05) is 35.7 Å². The molecule has 0 bridgehead atoms. The van der Waals surface area contributed by atoms with Crippen molar-refractivity contribution in [2.75, 3.05) is 6.26 Å². The van der Waals surface area contributed by atoms with Gasteiger partial charge in [0.15, 0.2) is 0 Å². The number of benzene rings is 1. The van der Waals surface area contributed by atoms with Crippen LogP contribution in [-0.2, 0) is 9.84 Å². The SMILES string of the molecule is CS(=O)(=O)c1nncc(-c2nc(-c3ccccc3)cs2)n1. The number of rotatable bonds is 3. The molecule has 0 aliphatic heterocycles. The third kappa shape index (κ3) is 2.96. The van der Waals surface area contributed by atoms with Gasteiger partial charge in [0.1, 0.15) is 10.7 Å². The maximum atomic E-state index is 11.5. The molecule has 0 spiro atoms. The highest BCUT2D eigenvalue weighted by molar-refractivity contribution is 7.90. The molecule has 3 aromatic rings. The van der Waals surface area contributed by atoms with Crippen LogP contribution in [0, 0.1) is 0 Å². The van der Waals surface area contributed by atoms with Crippen molar-refractivity contribution >= 4 is 21.2 Å². The average Bonchev–Trinajstić information content (AvgIpc) is 2.97. The lowest BCUT2D eigenvalue weighted by molar-refractivity contribution is 0.589. The standard InChI is InChI=1S/C13H10N4O2S2/c1-21(18,19)13-16-10(7-14-17-13)12-15-11(8-20-12)9-5-3-2-4-6-9/h2-8H,1H3. The fourth-order valence-corrected chi connectivity index (χ4v) is 2.92. The Morgan fingerprint density at radius 1 is 1.05 bits per heavy atom. The van der Waals surface area contributed by atoms with E-state index in [2.05, 4.69) is 20.2 Å². The Bertz CT molecular complexity index is 876. The summed E-state index contributed by atoms with van der Waals surface area (Å²) in [6, 6.07) is 9.71. The lowest BCUT2D eigenvalue weighted by Gasteiger charge is -1.98. The molecule has 8 heteroatoms. The summed E-state index contributed by atoms with van der Waals surface area (Å²) in [6.07, 6.45) is 2.45. The number of thiazole rings is 1. The van der Waals surface area contributed by atoms with Gasteiger partial charge in [-0.2, -0.15) is 5.10 Å². The van der Waals surface area contributed by atoms with Crippen molar-refractivity contribution in [3.05, 3.63) is 41.9 Å². The number of nitrogens with zero attached hydrogens (tertiary/aromatic N) is 4. The Morgan fingerprint density at radius 3 is 2.52 bits per heavy atom. The van der Waals surface area contributed by atoms with E-state index in [-0.39, 0.29) is 5.16 Å². The average molecular weight is 318 g/mol. The molecule has 21 heavy (non-hydrogen) atoms. The van der Waals surface area contributed by atoms with Gasteiger partial charge in [-0.1, -0.05) is 30.3 Å². The smallest absolute Gasteiger partial charge is 0.234 e. The van der Waals surface area contributed by atoms with Crippen LogP contribution in [0.3, 0.4) is 0 Å². The van der Waals surface area contributed by atoms with Crippen LogP contribution in [0.1, 0.15) is 0 Å². The molecule has 0 N–H and O–H groups in total. The van der Waals surface area contributed by atoms with Gasteiger partial charge in [0, 0.05) is 17.2 Å². The molecule has 0 unspecified atom stereocenters. The van der Waals surface area contributed by atoms with Crippen molar-refractivity contribution in [3.63, 3.8) is 0 Å². The second-order valence-corrected chi connectivity index (χ2v) is 7.07. The predicted molar refractivity (Wildman–Crippen MR) is 79.5 cm³/mol. The summed E-state index contributed by atoms with van der Waals surface area (Å²) in [5, 5.41) is 9.42. The molecule has 1 aromatic carbocycles. The van der Waals surface area contributed by atoms with Crippen molar-refractivity contribution in [2.45, 2.75) is 5.16 Å². The molecule has 0 fully saturated rings. The fourth-order valence-electron chi connectivity index (χ4n) is 1.68. The van der Waals surface area contributed by atoms with Crippen molar-refractivity contribution < 1.29 is 8.42 Å². The van der Waals surface area contributed by atoms with Gasteiger partial charge >= 0.3 is 0 Å². The first kappa shape index (κ1) is 13.8. The minimum atomic E-state index is -3.49. The fraction of sp³-hybridized carbons (Fsp3) is 0.0769. The summed E-state index contributed by atoms with van der Waals surface area (Å²) in [6.45, 7) is 0. The number of hydrogen-bond donors (Lipinski definition) is 0. The van der Waals surface area contributed by atoms with Crippen LogP contribution in [0.2, 0.25) is 0 Å². The van der Waals surface area contributed by atoms with Crippen molar-refractivity contribution in [2.24, 2.45) is 0 Å². The Morgan fingerprint density at radius 2 is 1.81 bits per heavy atom. The van der Waals surface area contributed by atoms with E-state index >= 15 is 0 Å². The maximum Gasteiger partial charge on any atom is 0.267 e. The normalized spacial score (nSPS) is 11.5. The predicted octanol–water partition coefficient (Wildman–Crippen LogP) is 2.07. The van der Waals surface area contributed by atoms with E-state index in [4.69, 9.17) is 0 Å². The van der Waals surface area contributed by atoms with Gasteiger partial charge in [-0.05, 0) is 0 Å². The van der Waals surface area contributed by atoms with Crippen LogP contribution in [-0.4, -0.2) is 34.8 Å². The monoisotopic (exact) mass is 318 g/mol. The van der Waals surface area contributed by atoms with E-state index in [1.54, 1.807) is 0 Å². The lowest BCUT2D eigenvalue weighted by atomic mass is 10.2. The van der Waals surface area contributed by atoms with Gasteiger partial charge in [0.2, 0.25) is 9.84 Å². The molecule has 6 nitrogen and oxygen atoms in total. The topological polar surface area (TPSA) is 85.7 Å². The van der Waals surface area contributed by atoms with E-state index in [0.29, 0.717) is 10.7 Å². The lowest BCUT2D eigenvalue weighted by Crippen LogP contribution is -2.06. The Kier molecular flexibility index (Phi) is 3.48. The summed E-state index contributed by atoms with van der Waals surface area (Å²) in [5.74, 6) is 0. The maximum absolute atomic E-state index is 11.5. The molecule has 0 amide bonds. The summed E-state index contributed by atoms with van der Waals surface area (Å²) >= 11 is 1.38. The molecule has 0 atom stereocenters. The first-order valence-corrected chi connectivity index (χ1v) is 8.72. The molecule has 2 heterocycles. The Hall–Kier alpha value is -2.19. The van der Waals surface area contributed by atoms with Crippen LogP contribution >= 0.6 is 11.3 Å². The van der Waals surface area contributed by atoms with Crippen LogP contribution in [0.4, 0.5) is 0 Å². The van der Waals surface area contributed by atoms with Crippen LogP contribution in [0.5, 0.6) is 0 Å². The van der Waals surface area contributed by atoms with Gasteiger partial charge in [0.25, 0.3) is 5.16 Å². The van der Waals surface area contributed by atoms with Crippen LogP contribution in [0.25, 0.3) is 22.0 Å². The largest absolute Gasteiger partial charge is 0.267 e. The molecule has 0 aliphatic carbocycles. The highest BCUT2D eigenvalue weighted by Gasteiger charge is 2.15. The second-order valence-electron chi connectivity index (χ2n) is 4.30. The second kappa shape index (κ2) is 5.30.